The highest BCUT2D eigenvalue weighted by Crippen LogP contribution is 2.35. The molecule has 0 aliphatic carbocycles. The highest BCUT2D eigenvalue weighted by atomic mass is 16.3. The molecule has 0 bridgehead atoms. The zero-order chi connectivity index (χ0) is 12.5. The minimum atomic E-state index is 0.243. The van der Waals surface area contributed by atoms with Crippen LogP contribution in [0.2, 0.25) is 0 Å². The first kappa shape index (κ1) is 8.82. The van der Waals surface area contributed by atoms with E-state index in [-0.39, 0.29) is 5.75 Å². The Morgan fingerprint density at radius 2 is 1.65 bits per heavy atom. The number of aromatic hydroxyl groups is 1. The van der Waals surface area contributed by atoms with Crippen LogP contribution < -0.4 is 0 Å². The maximum atomic E-state index is 10.3. The first-order chi connectivity index (χ1) is 8.77. The van der Waals surface area contributed by atoms with Crippen LogP contribution in [0.1, 0.15) is 1.37 Å². The van der Waals surface area contributed by atoms with Gasteiger partial charge in [0.25, 0.3) is 0 Å². The molecule has 1 nitrogen and oxygen atoms in total. The second kappa shape index (κ2) is 3.95. The van der Waals surface area contributed by atoms with Gasteiger partial charge in [-0.15, -0.1) is 0 Å². The van der Waals surface area contributed by atoms with Crippen molar-refractivity contribution in [3.63, 3.8) is 0 Å². The quantitative estimate of drug-likeness (QED) is 0.652. The van der Waals surface area contributed by atoms with Gasteiger partial charge in [-0.2, -0.15) is 0 Å². The third-order valence-corrected chi connectivity index (χ3v) is 2.90. The number of phenolic OH excluding ortho intramolecular Hbond substituents is 1. The fraction of sp³-hybridized carbons (Fsp3) is 0. The van der Waals surface area contributed by atoms with Crippen LogP contribution in [0.15, 0.2) is 66.7 Å². The Kier molecular flexibility index (Phi) is 2.05. The Morgan fingerprint density at radius 1 is 0.824 bits per heavy atom. The molecule has 0 aliphatic heterocycles. The monoisotopic (exact) mass is 221 g/mol. The molecule has 17 heavy (non-hydrogen) atoms. The molecule has 3 aromatic carbocycles. The number of hydrogen-bond donors (Lipinski definition) is 1. The smallest absolute Gasteiger partial charge is 0.131 e. The van der Waals surface area contributed by atoms with Gasteiger partial charge in [0.05, 0.1) is 1.37 Å². The van der Waals surface area contributed by atoms with E-state index < -0.39 is 0 Å². The maximum absolute atomic E-state index is 10.3. The summed E-state index contributed by atoms with van der Waals surface area (Å²) in [6, 6.07) is 19.2. The van der Waals surface area contributed by atoms with Crippen molar-refractivity contribution >= 4 is 10.8 Å². The summed E-state index contributed by atoms with van der Waals surface area (Å²) < 4.78 is 7.90. The molecule has 0 amide bonds. The zero-order valence-electron chi connectivity index (χ0n) is 10.2. The van der Waals surface area contributed by atoms with Crippen LogP contribution in [0.3, 0.4) is 0 Å². The van der Waals surface area contributed by atoms with E-state index in [9.17, 15) is 5.11 Å². The number of fused-ring (bicyclic) bond motifs is 1. The Bertz CT molecular complexity index is 719. The standard InChI is InChI=1S/C16H12O/c17-16-14-9-5-4-8-13(14)10-11-15(16)12-6-2-1-3-7-12/h1-11,17H/i6D. The molecule has 3 aromatic rings. The second-order valence-corrected chi connectivity index (χ2v) is 3.96. The molecule has 1 N–H and O–H groups in total. The largest absolute Gasteiger partial charge is 0.507 e. The van der Waals surface area contributed by atoms with E-state index in [0.717, 1.165) is 16.3 Å². The Balaban J connectivity index is 2.31. The van der Waals surface area contributed by atoms with Crippen molar-refractivity contribution in [1.82, 2.24) is 0 Å². The second-order valence-electron chi connectivity index (χ2n) is 3.96. The maximum Gasteiger partial charge on any atom is 0.131 e. The van der Waals surface area contributed by atoms with Gasteiger partial charge < -0.3 is 5.11 Å². The molecule has 0 saturated carbocycles. The summed E-state index contributed by atoms with van der Waals surface area (Å²) in [4.78, 5) is 0. The molecule has 1 heteroatoms. The van der Waals surface area contributed by atoms with E-state index in [4.69, 9.17) is 1.37 Å². The average Bonchev–Trinajstić information content (AvgIpc) is 2.41. The Hall–Kier alpha value is -2.28. The summed E-state index contributed by atoms with van der Waals surface area (Å²) in [5, 5.41) is 12.2. The summed E-state index contributed by atoms with van der Waals surface area (Å²) in [5.74, 6) is 0.243. The Labute approximate surface area is 101 Å². The topological polar surface area (TPSA) is 20.2 Å². The lowest BCUT2D eigenvalue weighted by Crippen LogP contribution is -1.80. The van der Waals surface area contributed by atoms with E-state index in [2.05, 4.69) is 0 Å². The van der Waals surface area contributed by atoms with Crippen LogP contribution >= 0.6 is 0 Å². The van der Waals surface area contributed by atoms with E-state index in [0.29, 0.717) is 11.6 Å². The summed E-state index contributed by atoms with van der Waals surface area (Å²) in [7, 11) is 0. The summed E-state index contributed by atoms with van der Waals surface area (Å²) in [6.45, 7) is 0. The van der Waals surface area contributed by atoms with Gasteiger partial charge in [-0.1, -0.05) is 66.7 Å². The van der Waals surface area contributed by atoms with Crippen molar-refractivity contribution in [2.75, 3.05) is 0 Å². The third-order valence-electron chi connectivity index (χ3n) is 2.90. The van der Waals surface area contributed by atoms with Gasteiger partial charge >= 0.3 is 0 Å². The first-order valence-electron chi connectivity index (χ1n) is 6.04. The van der Waals surface area contributed by atoms with Crippen LogP contribution in [-0.2, 0) is 0 Å². The predicted molar refractivity (Wildman–Crippen MR) is 71.0 cm³/mol. The Morgan fingerprint density at radius 3 is 2.53 bits per heavy atom. The highest BCUT2D eigenvalue weighted by molar-refractivity contribution is 5.94. The summed E-state index contributed by atoms with van der Waals surface area (Å²) >= 11 is 0. The zero-order valence-corrected chi connectivity index (χ0v) is 9.22. The van der Waals surface area contributed by atoms with Crippen LogP contribution in [-0.4, -0.2) is 5.11 Å². The third kappa shape index (κ3) is 1.66. The van der Waals surface area contributed by atoms with Crippen molar-refractivity contribution < 1.29 is 6.48 Å². The fourth-order valence-electron chi connectivity index (χ4n) is 2.03. The van der Waals surface area contributed by atoms with Crippen molar-refractivity contribution in [2.24, 2.45) is 0 Å². The van der Waals surface area contributed by atoms with Crippen LogP contribution in [0, 0.1) is 0 Å². The number of rotatable bonds is 1. The van der Waals surface area contributed by atoms with Gasteiger partial charge in [-0.05, 0) is 10.9 Å². The lowest BCUT2D eigenvalue weighted by Gasteiger charge is -2.07. The average molecular weight is 221 g/mol. The van der Waals surface area contributed by atoms with Gasteiger partial charge in [0.1, 0.15) is 5.75 Å². The van der Waals surface area contributed by atoms with Crippen LogP contribution in [0.25, 0.3) is 21.9 Å². The molecule has 0 spiro atoms. The number of hydrogen-bond acceptors (Lipinski definition) is 1. The molecule has 0 radical (unpaired) electrons. The summed E-state index contributed by atoms with van der Waals surface area (Å²) in [6.07, 6.45) is 0. The molecule has 3 rings (SSSR count). The molecule has 0 unspecified atom stereocenters. The minimum absolute atomic E-state index is 0.243. The normalized spacial score (nSPS) is 11.4. The molecule has 0 fully saturated rings. The minimum Gasteiger partial charge on any atom is -0.507 e. The van der Waals surface area contributed by atoms with Crippen LogP contribution in [0.4, 0.5) is 0 Å². The first-order valence-corrected chi connectivity index (χ1v) is 5.54. The van der Waals surface area contributed by atoms with Crippen molar-refractivity contribution in [1.29, 1.82) is 0 Å². The highest BCUT2D eigenvalue weighted by Gasteiger charge is 2.07. The van der Waals surface area contributed by atoms with Gasteiger partial charge in [0, 0.05) is 10.9 Å². The van der Waals surface area contributed by atoms with E-state index in [1.807, 2.05) is 54.6 Å². The van der Waals surface area contributed by atoms with Gasteiger partial charge in [0.2, 0.25) is 0 Å². The lowest BCUT2D eigenvalue weighted by molar-refractivity contribution is 0.483. The molecule has 0 aliphatic rings. The van der Waals surface area contributed by atoms with Crippen molar-refractivity contribution in [3.05, 3.63) is 66.7 Å². The molecular formula is C16H12O. The number of phenols is 1. The molecule has 0 saturated heterocycles. The van der Waals surface area contributed by atoms with E-state index >= 15 is 0 Å². The van der Waals surface area contributed by atoms with Crippen LogP contribution in [0.5, 0.6) is 5.75 Å². The van der Waals surface area contributed by atoms with E-state index in [1.54, 1.807) is 6.07 Å². The molecule has 82 valence electrons. The summed E-state index contributed by atoms with van der Waals surface area (Å²) in [5.41, 5.74) is 1.46. The molecule has 0 aromatic heterocycles. The number of benzene rings is 3. The van der Waals surface area contributed by atoms with Crippen molar-refractivity contribution in [2.45, 2.75) is 0 Å². The molecule has 0 heterocycles. The van der Waals surface area contributed by atoms with E-state index in [1.165, 1.54) is 0 Å². The lowest BCUT2D eigenvalue weighted by atomic mass is 10.00. The van der Waals surface area contributed by atoms with Crippen molar-refractivity contribution in [3.8, 4) is 16.9 Å². The SMILES string of the molecule is [2H]c1ccccc1-c1ccc2ccccc2c1O. The fourth-order valence-corrected chi connectivity index (χ4v) is 2.03. The molecule has 0 atom stereocenters. The van der Waals surface area contributed by atoms with Gasteiger partial charge in [-0.3, -0.25) is 0 Å². The predicted octanol–water partition coefficient (Wildman–Crippen LogP) is 4.21. The molecular weight excluding hydrogens is 208 g/mol. The van der Waals surface area contributed by atoms with Gasteiger partial charge in [0.15, 0.2) is 0 Å². The van der Waals surface area contributed by atoms with Gasteiger partial charge in [-0.25, -0.2) is 0 Å².